The van der Waals surface area contributed by atoms with Crippen molar-refractivity contribution in [3.8, 4) is 0 Å². The van der Waals surface area contributed by atoms with Gasteiger partial charge in [0.15, 0.2) is 5.82 Å². The normalized spacial score (nSPS) is 10.4. The van der Waals surface area contributed by atoms with Gasteiger partial charge in [-0.1, -0.05) is 12.1 Å². The molecule has 5 nitrogen and oxygen atoms in total. The summed E-state index contributed by atoms with van der Waals surface area (Å²) in [5, 5.41) is 11.3. The van der Waals surface area contributed by atoms with Crippen LogP contribution in [0.2, 0.25) is 0 Å². The average Bonchev–Trinajstić information content (AvgIpc) is 2.46. The van der Waals surface area contributed by atoms with Crippen LogP contribution >= 0.6 is 0 Å². The van der Waals surface area contributed by atoms with Gasteiger partial charge in [0, 0.05) is 18.8 Å². The third-order valence-electron chi connectivity index (χ3n) is 3.48. The fourth-order valence-corrected chi connectivity index (χ4v) is 2.05. The molecule has 1 aromatic carbocycles. The summed E-state index contributed by atoms with van der Waals surface area (Å²) in [6.45, 7) is 10.2. The van der Waals surface area contributed by atoms with Crippen LogP contribution in [0.1, 0.15) is 25.0 Å². The van der Waals surface area contributed by atoms with Crippen LogP contribution in [0, 0.1) is 13.8 Å². The highest BCUT2D eigenvalue weighted by atomic mass is 15.3. The van der Waals surface area contributed by atoms with Crippen LogP contribution < -0.4 is 10.2 Å². The first kappa shape index (κ1) is 14.2. The van der Waals surface area contributed by atoms with E-state index >= 15 is 0 Å². The van der Waals surface area contributed by atoms with Crippen molar-refractivity contribution in [3.63, 3.8) is 0 Å². The van der Waals surface area contributed by atoms with E-state index in [-0.39, 0.29) is 0 Å². The molecule has 20 heavy (non-hydrogen) atoms. The highest BCUT2D eigenvalue weighted by Gasteiger charge is 2.08. The van der Waals surface area contributed by atoms with E-state index in [4.69, 9.17) is 0 Å². The Hall–Kier alpha value is -2.17. The van der Waals surface area contributed by atoms with E-state index in [0.717, 1.165) is 24.6 Å². The van der Waals surface area contributed by atoms with Crippen molar-refractivity contribution in [1.29, 1.82) is 0 Å². The van der Waals surface area contributed by atoms with Crippen LogP contribution in [0.15, 0.2) is 24.4 Å². The first-order chi connectivity index (χ1) is 9.65. The van der Waals surface area contributed by atoms with Gasteiger partial charge in [-0.15, -0.1) is 5.10 Å². The van der Waals surface area contributed by atoms with Gasteiger partial charge in [0.1, 0.15) is 0 Å². The zero-order valence-electron chi connectivity index (χ0n) is 12.5. The van der Waals surface area contributed by atoms with E-state index in [2.05, 4.69) is 59.2 Å². The minimum Gasteiger partial charge on any atom is -0.356 e. The summed E-state index contributed by atoms with van der Waals surface area (Å²) in [5.41, 5.74) is 3.45. The summed E-state index contributed by atoms with van der Waals surface area (Å²) in [6, 6.07) is 6.13. The molecule has 0 aliphatic carbocycles. The molecule has 0 aliphatic heterocycles. The maximum Gasteiger partial charge on any atom is 0.249 e. The number of hydrogen-bond acceptors (Lipinski definition) is 5. The van der Waals surface area contributed by atoms with Gasteiger partial charge in [0.2, 0.25) is 5.95 Å². The van der Waals surface area contributed by atoms with E-state index in [1.54, 1.807) is 6.20 Å². The second kappa shape index (κ2) is 6.32. The molecule has 0 atom stereocenters. The number of hydrogen-bond donors (Lipinski definition) is 1. The Kier molecular flexibility index (Phi) is 4.50. The quantitative estimate of drug-likeness (QED) is 0.905. The molecule has 1 aromatic heterocycles. The van der Waals surface area contributed by atoms with Crippen LogP contribution in [-0.4, -0.2) is 28.3 Å². The van der Waals surface area contributed by atoms with Crippen LogP contribution in [0.5, 0.6) is 0 Å². The molecule has 5 heteroatoms. The van der Waals surface area contributed by atoms with Crippen molar-refractivity contribution in [1.82, 2.24) is 15.2 Å². The monoisotopic (exact) mass is 271 g/mol. The Bertz CT molecular complexity index is 578. The molecule has 2 rings (SSSR count). The molecule has 0 saturated heterocycles. The maximum absolute atomic E-state index is 4.52. The molecule has 2 aromatic rings. The summed E-state index contributed by atoms with van der Waals surface area (Å²) in [4.78, 5) is 6.66. The van der Waals surface area contributed by atoms with E-state index in [0.29, 0.717) is 5.95 Å². The standard InChI is InChI=1S/C15H21N5/c1-5-20(6-2)14-10-16-19-15(18-14)17-13-9-7-8-11(3)12(13)4/h7-10H,5-6H2,1-4H3,(H,17,18,19). The number of rotatable bonds is 5. The summed E-state index contributed by atoms with van der Waals surface area (Å²) >= 11 is 0. The minimum absolute atomic E-state index is 0.531. The molecule has 0 bridgehead atoms. The summed E-state index contributed by atoms with van der Waals surface area (Å²) < 4.78 is 0. The van der Waals surface area contributed by atoms with Crippen LogP contribution in [-0.2, 0) is 0 Å². The lowest BCUT2D eigenvalue weighted by molar-refractivity contribution is 0.826. The van der Waals surface area contributed by atoms with Crippen molar-refractivity contribution in [2.75, 3.05) is 23.3 Å². The predicted molar refractivity (Wildman–Crippen MR) is 82.6 cm³/mol. The maximum atomic E-state index is 4.52. The number of benzene rings is 1. The number of aryl methyl sites for hydroxylation is 1. The molecular weight excluding hydrogens is 250 g/mol. The van der Waals surface area contributed by atoms with Crippen molar-refractivity contribution >= 4 is 17.5 Å². The Balaban J connectivity index is 2.26. The number of anilines is 3. The smallest absolute Gasteiger partial charge is 0.249 e. The van der Waals surface area contributed by atoms with Gasteiger partial charge in [0.05, 0.1) is 6.20 Å². The minimum atomic E-state index is 0.531. The molecule has 0 saturated carbocycles. The van der Waals surface area contributed by atoms with Gasteiger partial charge in [-0.2, -0.15) is 10.1 Å². The van der Waals surface area contributed by atoms with Gasteiger partial charge >= 0.3 is 0 Å². The topological polar surface area (TPSA) is 53.9 Å². The molecule has 1 heterocycles. The molecule has 106 valence electrons. The van der Waals surface area contributed by atoms with Crippen molar-refractivity contribution < 1.29 is 0 Å². The highest BCUT2D eigenvalue weighted by molar-refractivity contribution is 5.60. The lowest BCUT2D eigenvalue weighted by Gasteiger charge is -2.19. The van der Waals surface area contributed by atoms with Crippen LogP contribution in [0.25, 0.3) is 0 Å². The Labute approximate surface area is 120 Å². The van der Waals surface area contributed by atoms with Gasteiger partial charge in [-0.25, -0.2) is 0 Å². The molecule has 0 radical (unpaired) electrons. The van der Waals surface area contributed by atoms with Crippen molar-refractivity contribution in [2.24, 2.45) is 0 Å². The second-order valence-electron chi connectivity index (χ2n) is 4.68. The molecule has 0 aliphatic rings. The first-order valence-electron chi connectivity index (χ1n) is 6.93. The summed E-state index contributed by atoms with van der Waals surface area (Å²) in [6.07, 6.45) is 1.70. The zero-order valence-corrected chi connectivity index (χ0v) is 12.5. The highest BCUT2D eigenvalue weighted by Crippen LogP contribution is 2.21. The fraction of sp³-hybridized carbons (Fsp3) is 0.400. The second-order valence-corrected chi connectivity index (χ2v) is 4.68. The lowest BCUT2D eigenvalue weighted by atomic mass is 10.1. The Morgan fingerprint density at radius 3 is 2.60 bits per heavy atom. The third kappa shape index (κ3) is 3.04. The molecule has 0 amide bonds. The van der Waals surface area contributed by atoms with E-state index in [1.807, 2.05) is 12.1 Å². The third-order valence-corrected chi connectivity index (χ3v) is 3.48. The van der Waals surface area contributed by atoms with E-state index < -0.39 is 0 Å². The predicted octanol–water partition coefficient (Wildman–Crippen LogP) is 3.08. The average molecular weight is 271 g/mol. The van der Waals surface area contributed by atoms with Crippen LogP contribution in [0.4, 0.5) is 17.5 Å². The Morgan fingerprint density at radius 1 is 1.15 bits per heavy atom. The molecule has 1 N–H and O–H groups in total. The molecule has 0 fully saturated rings. The summed E-state index contributed by atoms with van der Waals surface area (Å²) in [5.74, 6) is 1.38. The van der Waals surface area contributed by atoms with E-state index in [1.165, 1.54) is 11.1 Å². The van der Waals surface area contributed by atoms with Gasteiger partial charge in [-0.05, 0) is 44.9 Å². The van der Waals surface area contributed by atoms with Crippen LogP contribution in [0.3, 0.4) is 0 Å². The Morgan fingerprint density at radius 2 is 1.90 bits per heavy atom. The van der Waals surface area contributed by atoms with Crippen molar-refractivity contribution in [3.05, 3.63) is 35.5 Å². The number of nitrogens with zero attached hydrogens (tertiary/aromatic N) is 4. The number of nitrogens with one attached hydrogen (secondary N) is 1. The first-order valence-corrected chi connectivity index (χ1v) is 6.93. The lowest BCUT2D eigenvalue weighted by Crippen LogP contribution is -2.23. The van der Waals surface area contributed by atoms with Crippen molar-refractivity contribution in [2.45, 2.75) is 27.7 Å². The fourth-order valence-electron chi connectivity index (χ4n) is 2.05. The van der Waals surface area contributed by atoms with Gasteiger partial charge < -0.3 is 10.2 Å². The SMILES string of the molecule is CCN(CC)c1cnnc(Nc2cccc(C)c2C)n1. The molecule has 0 unspecified atom stereocenters. The molecule has 0 spiro atoms. The van der Waals surface area contributed by atoms with Gasteiger partial charge in [0.25, 0.3) is 0 Å². The zero-order chi connectivity index (χ0) is 14.5. The molecular formula is C15H21N5. The summed E-state index contributed by atoms with van der Waals surface area (Å²) in [7, 11) is 0. The number of aromatic nitrogens is 3. The van der Waals surface area contributed by atoms with E-state index in [9.17, 15) is 0 Å². The largest absolute Gasteiger partial charge is 0.356 e. The van der Waals surface area contributed by atoms with Gasteiger partial charge in [-0.3, -0.25) is 0 Å².